The topological polar surface area (TPSA) is 33.3 Å². The van der Waals surface area contributed by atoms with Crippen molar-refractivity contribution in [2.75, 3.05) is 91.6 Å². The maximum Gasteiger partial charge on any atom is 0.236 e. The van der Waals surface area contributed by atoms with Crippen LogP contribution in [0.1, 0.15) is 356 Å². The van der Waals surface area contributed by atoms with E-state index in [1.807, 2.05) is 0 Å². The predicted octanol–water partition coefficient (Wildman–Crippen LogP) is 20.6. The number of amides is 1. The van der Waals surface area contributed by atoms with Crippen molar-refractivity contribution in [2.24, 2.45) is 0 Å². The highest BCUT2D eigenvalue weighted by atomic mass is 16.2. The van der Waals surface area contributed by atoms with Crippen LogP contribution in [0.25, 0.3) is 0 Å². The minimum Gasteiger partial charge on any atom is -0.339 e. The minimum absolute atomic E-state index is 0.395. The highest BCUT2D eigenvalue weighted by Gasteiger charge is 2.23. The normalized spacial score (nSPS) is 13.4. The van der Waals surface area contributed by atoms with E-state index in [-0.39, 0.29) is 0 Å². The number of carbonyl (C=O) groups excluding carboxylic acids is 1. The summed E-state index contributed by atoms with van der Waals surface area (Å²) in [6.45, 7) is 26.8. The third-order valence-corrected chi connectivity index (χ3v) is 17.7. The largest absolute Gasteiger partial charge is 0.339 e. The molecule has 0 aromatic rings. The van der Waals surface area contributed by atoms with Gasteiger partial charge in [0, 0.05) is 52.4 Å². The number of piperazine rings is 1. The van der Waals surface area contributed by atoms with Crippen molar-refractivity contribution in [1.82, 2.24) is 24.5 Å². The molecular weight excluding hydrogens is 927 g/mol. The van der Waals surface area contributed by atoms with Crippen LogP contribution in [0.5, 0.6) is 0 Å². The van der Waals surface area contributed by atoms with Crippen molar-refractivity contribution in [3.05, 3.63) is 0 Å². The summed E-state index contributed by atoms with van der Waals surface area (Å²) in [5.74, 6) is 0.395. The lowest BCUT2D eigenvalue weighted by Crippen LogP contribution is -2.52. The molecule has 0 bridgehead atoms. The molecule has 0 atom stereocenters. The molecule has 6 heteroatoms. The van der Waals surface area contributed by atoms with Gasteiger partial charge >= 0.3 is 0 Å². The van der Waals surface area contributed by atoms with E-state index in [2.05, 4.69) is 59.1 Å². The van der Waals surface area contributed by atoms with Gasteiger partial charge in [-0.2, -0.15) is 0 Å². The van der Waals surface area contributed by atoms with Gasteiger partial charge in [-0.05, 0) is 64.8 Å². The van der Waals surface area contributed by atoms with Crippen LogP contribution in [0.2, 0.25) is 0 Å². The molecule has 0 aliphatic carbocycles. The van der Waals surface area contributed by atoms with Gasteiger partial charge in [-0.15, -0.1) is 0 Å². The standard InChI is InChI=1S/C70H143N5O/c1-6-11-16-21-26-31-36-41-46-51-56-71(57-52-47-42-37-32-27-22-17-12-7-2)61-62-73-65-67-75(68-66-73)70(76)69-74(60-55-50-45-40-35-30-25-20-15-10-5)64-63-72(58-53-48-43-38-33-28-23-18-13-8-3)59-54-49-44-39-34-29-24-19-14-9-4/h6-69H2,1-5H3. The van der Waals surface area contributed by atoms with Crippen molar-refractivity contribution in [3.8, 4) is 0 Å². The van der Waals surface area contributed by atoms with Gasteiger partial charge in [-0.1, -0.05) is 324 Å². The SMILES string of the molecule is CCCCCCCCCCCCN(CCCCCCCCCCCC)CCN1CCN(C(=O)CN(CCCCCCCCCCCC)CCN(CCCCCCCCCCCC)CCCCCCCCCCCC)CC1. The summed E-state index contributed by atoms with van der Waals surface area (Å²) in [6.07, 6.45) is 70.1. The Labute approximate surface area is 480 Å². The average molecular weight is 1070 g/mol. The second-order valence-corrected chi connectivity index (χ2v) is 25.1. The molecule has 0 N–H and O–H groups in total. The first-order valence-corrected chi connectivity index (χ1v) is 35.7. The van der Waals surface area contributed by atoms with E-state index in [1.54, 1.807) is 0 Å². The van der Waals surface area contributed by atoms with E-state index < -0.39 is 0 Å². The molecule has 0 saturated carbocycles. The summed E-state index contributed by atoms with van der Waals surface area (Å²) in [6, 6.07) is 0. The monoisotopic (exact) mass is 1070 g/mol. The zero-order chi connectivity index (χ0) is 54.7. The van der Waals surface area contributed by atoms with Crippen molar-refractivity contribution in [2.45, 2.75) is 356 Å². The quantitative estimate of drug-likeness (QED) is 0.0567. The molecule has 0 unspecified atom stereocenters. The van der Waals surface area contributed by atoms with Gasteiger partial charge in [-0.3, -0.25) is 14.6 Å². The summed E-state index contributed by atoms with van der Waals surface area (Å²) >= 11 is 0. The van der Waals surface area contributed by atoms with Crippen molar-refractivity contribution >= 4 is 5.91 Å². The number of carbonyl (C=O) groups is 1. The van der Waals surface area contributed by atoms with E-state index in [0.29, 0.717) is 12.5 Å². The molecule has 1 aliphatic heterocycles. The lowest BCUT2D eigenvalue weighted by Gasteiger charge is -2.37. The number of rotatable bonds is 63. The summed E-state index contributed by atoms with van der Waals surface area (Å²) in [5, 5.41) is 0. The van der Waals surface area contributed by atoms with E-state index in [4.69, 9.17) is 0 Å². The number of hydrogen-bond acceptors (Lipinski definition) is 5. The Morgan fingerprint density at radius 2 is 0.461 bits per heavy atom. The van der Waals surface area contributed by atoms with Crippen molar-refractivity contribution < 1.29 is 4.79 Å². The van der Waals surface area contributed by atoms with Gasteiger partial charge in [0.15, 0.2) is 0 Å². The Bertz CT molecular complexity index is 1060. The van der Waals surface area contributed by atoms with Crippen LogP contribution in [0, 0.1) is 0 Å². The Morgan fingerprint density at radius 3 is 0.724 bits per heavy atom. The molecule has 454 valence electrons. The van der Waals surface area contributed by atoms with E-state index in [0.717, 1.165) is 52.4 Å². The second-order valence-electron chi connectivity index (χ2n) is 25.1. The smallest absolute Gasteiger partial charge is 0.236 e. The van der Waals surface area contributed by atoms with Gasteiger partial charge < -0.3 is 14.7 Å². The maximum atomic E-state index is 14.2. The zero-order valence-corrected chi connectivity index (χ0v) is 53.4. The summed E-state index contributed by atoms with van der Waals surface area (Å²) in [5.41, 5.74) is 0. The molecule has 1 fully saturated rings. The first-order chi connectivity index (χ1) is 37.6. The van der Waals surface area contributed by atoms with E-state index in [9.17, 15) is 4.79 Å². The van der Waals surface area contributed by atoms with Gasteiger partial charge in [0.1, 0.15) is 0 Å². The molecule has 0 aromatic heterocycles. The molecule has 0 spiro atoms. The Balaban J connectivity index is 2.78. The van der Waals surface area contributed by atoms with Crippen molar-refractivity contribution in [3.63, 3.8) is 0 Å². The molecule has 0 radical (unpaired) electrons. The number of unbranched alkanes of at least 4 members (excludes halogenated alkanes) is 45. The van der Waals surface area contributed by atoms with Crippen LogP contribution in [0.3, 0.4) is 0 Å². The van der Waals surface area contributed by atoms with Gasteiger partial charge in [0.25, 0.3) is 0 Å². The average Bonchev–Trinajstić information content (AvgIpc) is 3.43. The molecule has 6 nitrogen and oxygen atoms in total. The fraction of sp³-hybridized carbons (Fsp3) is 0.986. The predicted molar refractivity (Wildman–Crippen MR) is 342 cm³/mol. The summed E-state index contributed by atoms with van der Waals surface area (Å²) < 4.78 is 0. The fourth-order valence-corrected chi connectivity index (χ4v) is 12.1. The molecule has 0 aromatic carbocycles. The first-order valence-electron chi connectivity index (χ1n) is 35.7. The molecule has 1 saturated heterocycles. The van der Waals surface area contributed by atoms with Gasteiger partial charge in [0.05, 0.1) is 6.54 Å². The maximum absolute atomic E-state index is 14.2. The fourth-order valence-electron chi connectivity index (χ4n) is 12.1. The van der Waals surface area contributed by atoms with Crippen molar-refractivity contribution in [1.29, 1.82) is 0 Å². The van der Waals surface area contributed by atoms with Crippen LogP contribution in [-0.4, -0.2) is 122 Å². The number of hydrogen-bond donors (Lipinski definition) is 0. The zero-order valence-electron chi connectivity index (χ0n) is 53.4. The first kappa shape index (κ1) is 73.3. The van der Waals surface area contributed by atoms with E-state index >= 15 is 0 Å². The van der Waals surface area contributed by atoms with Crippen LogP contribution >= 0.6 is 0 Å². The lowest BCUT2D eigenvalue weighted by atomic mass is 10.1. The highest BCUT2D eigenvalue weighted by Crippen LogP contribution is 2.17. The summed E-state index contributed by atoms with van der Waals surface area (Å²) in [7, 11) is 0. The molecule has 76 heavy (non-hydrogen) atoms. The van der Waals surface area contributed by atoms with Crippen LogP contribution in [-0.2, 0) is 4.79 Å². The Morgan fingerprint density at radius 1 is 0.250 bits per heavy atom. The van der Waals surface area contributed by atoms with Gasteiger partial charge in [-0.25, -0.2) is 0 Å². The molecule has 1 heterocycles. The van der Waals surface area contributed by atoms with Gasteiger partial charge in [0.2, 0.25) is 5.91 Å². The van der Waals surface area contributed by atoms with Crippen LogP contribution < -0.4 is 0 Å². The molecule has 1 aliphatic rings. The molecular formula is C70H143N5O. The molecule has 1 amide bonds. The third-order valence-electron chi connectivity index (χ3n) is 17.7. The van der Waals surface area contributed by atoms with E-state index in [1.165, 1.54) is 354 Å². The Kier molecular flexibility index (Phi) is 58.3. The highest BCUT2D eigenvalue weighted by molar-refractivity contribution is 5.78. The summed E-state index contributed by atoms with van der Waals surface area (Å²) in [4.78, 5) is 27.4. The van der Waals surface area contributed by atoms with Crippen LogP contribution in [0.15, 0.2) is 0 Å². The second kappa shape index (κ2) is 60.4. The molecule has 1 rings (SSSR count). The third kappa shape index (κ3) is 50.3. The number of nitrogens with zero attached hydrogens (tertiary/aromatic N) is 5. The lowest BCUT2D eigenvalue weighted by molar-refractivity contribution is -0.134. The minimum atomic E-state index is 0.395. The Hall–Kier alpha value is -0.690. The van der Waals surface area contributed by atoms with Crippen LogP contribution in [0.4, 0.5) is 0 Å².